The van der Waals surface area contributed by atoms with Crippen LogP contribution in [0.25, 0.3) is 0 Å². The molecule has 0 saturated carbocycles. The minimum atomic E-state index is -0.506. The molecule has 2 aromatic rings. The Kier molecular flexibility index (Phi) is 4.38. The zero-order valence-corrected chi connectivity index (χ0v) is 10.8. The van der Waals surface area contributed by atoms with E-state index in [2.05, 4.69) is 10.3 Å². The Morgan fingerprint density at radius 3 is 2.61 bits per heavy atom. The molecule has 1 atom stereocenters. The minimum absolute atomic E-state index is 0.108. The monoisotopic (exact) mass is 268 g/mol. The van der Waals surface area contributed by atoms with Crippen LogP contribution in [0.15, 0.2) is 29.1 Å². The van der Waals surface area contributed by atoms with E-state index in [9.17, 15) is 8.78 Å². The van der Waals surface area contributed by atoms with E-state index in [4.69, 9.17) is 0 Å². The first-order valence-electron chi connectivity index (χ1n) is 5.76. The van der Waals surface area contributed by atoms with E-state index >= 15 is 0 Å². The molecule has 1 N–H and O–H groups in total. The molecule has 0 aliphatic rings. The van der Waals surface area contributed by atoms with E-state index in [1.807, 2.05) is 12.3 Å². The number of halogens is 2. The number of nitrogens with zero attached hydrogens (tertiary/aromatic N) is 1. The van der Waals surface area contributed by atoms with Crippen LogP contribution in [0.5, 0.6) is 0 Å². The molecule has 0 spiro atoms. The van der Waals surface area contributed by atoms with Crippen LogP contribution in [0.4, 0.5) is 8.78 Å². The summed E-state index contributed by atoms with van der Waals surface area (Å²) in [7, 11) is 0. The van der Waals surface area contributed by atoms with E-state index in [-0.39, 0.29) is 18.0 Å². The fourth-order valence-corrected chi connectivity index (χ4v) is 2.46. The molecule has 0 amide bonds. The lowest BCUT2D eigenvalue weighted by molar-refractivity contribution is 0.494. The van der Waals surface area contributed by atoms with Gasteiger partial charge in [-0.05, 0) is 25.1 Å². The topological polar surface area (TPSA) is 24.9 Å². The first-order valence-corrected chi connectivity index (χ1v) is 6.71. The number of nitrogens with one attached hydrogen (secondary N) is 1. The molecule has 0 saturated heterocycles. The highest BCUT2D eigenvalue weighted by Gasteiger charge is 2.17. The lowest BCUT2D eigenvalue weighted by atomic mass is 10.0. The maximum atomic E-state index is 13.6. The largest absolute Gasteiger partial charge is 0.309 e. The molecule has 1 unspecified atom stereocenters. The average Bonchev–Trinajstić information content (AvgIpc) is 2.86. The van der Waals surface area contributed by atoms with Gasteiger partial charge in [0.2, 0.25) is 0 Å². The van der Waals surface area contributed by atoms with Crippen molar-refractivity contribution in [1.29, 1.82) is 0 Å². The van der Waals surface area contributed by atoms with E-state index in [0.29, 0.717) is 0 Å². The fraction of sp³-hybridized carbons (Fsp3) is 0.308. The molecule has 0 bridgehead atoms. The van der Waals surface area contributed by atoms with Crippen molar-refractivity contribution in [3.05, 3.63) is 52.0 Å². The molecule has 1 aromatic heterocycles. The molecule has 0 aliphatic carbocycles. The van der Waals surface area contributed by atoms with Gasteiger partial charge in [0.25, 0.3) is 0 Å². The number of aromatic nitrogens is 1. The third-order valence-corrected chi connectivity index (χ3v) is 3.33. The molecule has 5 heteroatoms. The molecule has 96 valence electrons. The van der Waals surface area contributed by atoms with Crippen LogP contribution in [0.2, 0.25) is 0 Å². The normalized spacial score (nSPS) is 12.6. The van der Waals surface area contributed by atoms with Gasteiger partial charge < -0.3 is 5.32 Å². The lowest BCUT2D eigenvalue weighted by Crippen LogP contribution is -2.24. The summed E-state index contributed by atoms with van der Waals surface area (Å²) in [6.07, 6.45) is 0.260. The zero-order valence-electron chi connectivity index (χ0n) is 9.99. The quantitative estimate of drug-likeness (QED) is 0.900. The molecule has 18 heavy (non-hydrogen) atoms. The number of thiazole rings is 1. The molecular formula is C13H14F2N2S. The molecule has 0 radical (unpaired) electrons. The average molecular weight is 268 g/mol. The van der Waals surface area contributed by atoms with Gasteiger partial charge in [-0.3, -0.25) is 0 Å². The standard InChI is InChI=1S/C13H14F2N2S/c1-2-16-12(13-7-18-8-17-13)6-9-10(14)4-3-5-11(9)15/h3-5,7-8,12,16H,2,6H2,1H3. The first kappa shape index (κ1) is 13.1. The van der Waals surface area contributed by atoms with Gasteiger partial charge in [-0.2, -0.15) is 0 Å². The summed E-state index contributed by atoms with van der Waals surface area (Å²) in [5, 5.41) is 5.09. The van der Waals surface area contributed by atoms with Crippen LogP contribution >= 0.6 is 11.3 Å². The molecule has 0 fully saturated rings. The van der Waals surface area contributed by atoms with E-state index in [1.54, 1.807) is 5.51 Å². The summed E-state index contributed by atoms with van der Waals surface area (Å²) >= 11 is 1.47. The maximum absolute atomic E-state index is 13.6. The Hall–Kier alpha value is -1.33. The van der Waals surface area contributed by atoms with Crippen LogP contribution in [0, 0.1) is 11.6 Å². The third kappa shape index (κ3) is 2.91. The summed E-state index contributed by atoms with van der Waals surface area (Å²) < 4.78 is 27.2. The van der Waals surface area contributed by atoms with Crippen molar-refractivity contribution in [1.82, 2.24) is 10.3 Å². The van der Waals surface area contributed by atoms with Crippen molar-refractivity contribution in [2.45, 2.75) is 19.4 Å². The summed E-state index contributed by atoms with van der Waals surface area (Å²) in [5.41, 5.74) is 2.65. The van der Waals surface area contributed by atoms with Crippen LogP contribution in [-0.2, 0) is 6.42 Å². The smallest absolute Gasteiger partial charge is 0.129 e. The number of rotatable bonds is 5. The summed E-state index contributed by atoms with van der Waals surface area (Å²) in [6, 6.07) is 3.78. The number of hydrogen-bond acceptors (Lipinski definition) is 3. The molecular weight excluding hydrogens is 254 g/mol. The zero-order chi connectivity index (χ0) is 13.0. The minimum Gasteiger partial charge on any atom is -0.309 e. The Morgan fingerprint density at radius 2 is 2.06 bits per heavy atom. The van der Waals surface area contributed by atoms with Crippen LogP contribution in [0.1, 0.15) is 24.2 Å². The van der Waals surface area contributed by atoms with Crippen LogP contribution < -0.4 is 5.32 Å². The molecule has 1 aromatic carbocycles. The highest BCUT2D eigenvalue weighted by Crippen LogP contribution is 2.22. The van der Waals surface area contributed by atoms with E-state index in [0.717, 1.165) is 12.2 Å². The van der Waals surface area contributed by atoms with Gasteiger partial charge in [0.15, 0.2) is 0 Å². The Balaban J connectivity index is 2.24. The Bertz CT molecular complexity index is 479. The highest BCUT2D eigenvalue weighted by atomic mass is 32.1. The Morgan fingerprint density at radius 1 is 1.33 bits per heavy atom. The number of hydrogen-bond donors (Lipinski definition) is 1. The molecule has 0 aliphatic heterocycles. The van der Waals surface area contributed by atoms with Crippen molar-refractivity contribution in [3.63, 3.8) is 0 Å². The van der Waals surface area contributed by atoms with Crippen molar-refractivity contribution < 1.29 is 8.78 Å². The number of likely N-dealkylation sites (N-methyl/N-ethyl adjacent to an activating group) is 1. The third-order valence-electron chi connectivity index (χ3n) is 2.73. The van der Waals surface area contributed by atoms with Gasteiger partial charge in [-0.15, -0.1) is 11.3 Å². The lowest BCUT2D eigenvalue weighted by Gasteiger charge is -2.16. The second kappa shape index (κ2) is 6.02. The SMILES string of the molecule is CCNC(Cc1c(F)cccc1F)c1cscn1. The summed E-state index contributed by atoms with van der Waals surface area (Å²) in [4.78, 5) is 4.20. The second-order valence-electron chi connectivity index (χ2n) is 3.93. The van der Waals surface area contributed by atoms with Crippen molar-refractivity contribution in [2.75, 3.05) is 6.54 Å². The van der Waals surface area contributed by atoms with E-state index < -0.39 is 11.6 Å². The Labute approximate surface area is 109 Å². The first-order chi connectivity index (χ1) is 8.72. The van der Waals surface area contributed by atoms with Gasteiger partial charge >= 0.3 is 0 Å². The van der Waals surface area contributed by atoms with Crippen molar-refractivity contribution in [3.8, 4) is 0 Å². The maximum Gasteiger partial charge on any atom is 0.129 e. The fourth-order valence-electron chi connectivity index (χ4n) is 1.85. The highest BCUT2D eigenvalue weighted by molar-refractivity contribution is 7.07. The molecule has 2 nitrogen and oxygen atoms in total. The van der Waals surface area contributed by atoms with Gasteiger partial charge in [0.1, 0.15) is 11.6 Å². The second-order valence-corrected chi connectivity index (χ2v) is 4.65. The predicted octanol–water partition coefficient (Wildman–Crippen LogP) is 3.31. The number of benzene rings is 1. The summed E-state index contributed by atoms with van der Waals surface area (Å²) in [6.45, 7) is 2.68. The predicted molar refractivity (Wildman–Crippen MR) is 68.6 cm³/mol. The van der Waals surface area contributed by atoms with Crippen LogP contribution in [-0.4, -0.2) is 11.5 Å². The molecule has 1 heterocycles. The van der Waals surface area contributed by atoms with Crippen LogP contribution in [0.3, 0.4) is 0 Å². The van der Waals surface area contributed by atoms with E-state index in [1.165, 1.54) is 29.5 Å². The van der Waals surface area contributed by atoms with Crippen molar-refractivity contribution in [2.24, 2.45) is 0 Å². The van der Waals surface area contributed by atoms with Gasteiger partial charge in [-0.25, -0.2) is 13.8 Å². The molecule has 2 rings (SSSR count). The summed E-state index contributed by atoms with van der Waals surface area (Å²) in [5.74, 6) is -1.01. The van der Waals surface area contributed by atoms with Gasteiger partial charge in [0, 0.05) is 10.9 Å². The van der Waals surface area contributed by atoms with Crippen molar-refractivity contribution >= 4 is 11.3 Å². The van der Waals surface area contributed by atoms with Gasteiger partial charge in [-0.1, -0.05) is 13.0 Å². The van der Waals surface area contributed by atoms with Gasteiger partial charge in [0.05, 0.1) is 17.2 Å².